The molecular formula is C11H18O9. The number of hydrogen-bond donors (Lipinski definition) is 6. The largest absolute Gasteiger partial charge is 0.481 e. The molecule has 0 aliphatic rings. The zero-order valence-corrected chi connectivity index (χ0v) is 10.7. The number of carboxylic acid groups (broad SMARTS) is 3. The maximum Gasteiger partial charge on any atom is 0.318 e. The molecule has 0 aliphatic heterocycles. The third-order valence-electron chi connectivity index (χ3n) is 2.99. The Morgan fingerprint density at radius 3 is 1.70 bits per heavy atom. The fourth-order valence-electron chi connectivity index (χ4n) is 1.73. The molecule has 0 aromatic carbocycles. The number of hydrogen-bond acceptors (Lipinski definition) is 6. The van der Waals surface area contributed by atoms with Crippen LogP contribution in [-0.2, 0) is 14.4 Å². The van der Waals surface area contributed by atoms with Gasteiger partial charge in [0.1, 0.15) is 6.10 Å². The molecule has 4 atom stereocenters. The average Bonchev–Trinajstić information content (AvgIpc) is 2.32. The summed E-state index contributed by atoms with van der Waals surface area (Å²) >= 11 is 0. The summed E-state index contributed by atoms with van der Waals surface area (Å²) in [7, 11) is 0. The van der Waals surface area contributed by atoms with E-state index in [2.05, 4.69) is 0 Å². The van der Waals surface area contributed by atoms with Crippen LogP contribution < -0.4 is 0 Å². The van der Waals surface area contributed by atoms with Gasteiger partial charge < -0.3 is 30.6 Å². The van der Waals surface area contributed by atoms with E-state index in [1.807, 2.05) is 0 Å². The summed E-state index contributed by atoms with van der Waals surface area (Å²) in [6, 6.07) is 0. The SMILES string of the molecule is CC(C(C(=O)O)C(=O)O)[C@@H](O)[C@@H](O)[C@@H](O)CCC(=O)O. The van der Waals surface area contributed by atoms with Gasteiger partial charge in [0.25, 0.3) is 0 Å². The molecule has 0 aromatic heterocycles. The highest BCUT2D eigenvalue weighted by Gasteiger charge is 2.40. The van der Waals surface area contributed by atoms with Crippen LogP contribution in [-0.4, -0.2) is 66.9 Å². The van der Waals surface area contributed by atoms with Crippen molar-refractivity contribution < 1.29 is 45.0 Å². The number of aliphatic hydroxyl groups is 3. The maximum absolute atomic E-state index is 10.8. The molecular weight excluding hydrogens is 276 g/mol. The molecule has 6 N–H and O–H groups in total. The number of carbonyl (C=O) groups is 3. The van der Waals surface area contributed by atoms with Crippen molar-refractivity contribution in [1.82, 2.24) is 0 Å². The zero-order valence-electron chi connectivity index (χ0n) is 10.7. The van der Waals surface area contributed by atoms with E-state index in [0.29, 0.717) is 0 Å². The van der Waals surface area contributed by atoms with Crippen LogP contribution in [0.3, 0.4) is 0 Å². The first-order valence-electron chi connectivity index (χ1n) is 5.81. The van der Waals surface area contributed by atoms with Gasteiger partial charge in [0.15, 0.2) is 5.92 Å². The van der Waals surface area contributed by atoms with Crippen molar-refractivity contribution in [1.29, 1.82) is 0 Å². The van der Waals surface area contributed by atoms with Crippen LogP contribution in [0, 0.1) is 11.8 Å². The zero-order chi connectivity index (χ0) is 16.0. The molecule has 0 heterocycles. The molecule has 0 bridgehead atoms. The minimum Gasteiger partial charge on any atom is -0.481 e. The van der Waals surface area contributed by atoms with Gasteiger partial charge in [-0.3, -0.25) is 14.4 Å². The quantitative estimate of drug-likeness (QED) is 0.272. The molecule has 1 unspecified atom stereocenters. The molecule has 0 rings (SSSR count). The van der Waals surface area contributed by atoms with Gasteiger partial charge in [-0.2, -0.15) is 0 Å². The van der Waals surface area contributed by atoms with Gasteiger partial charge in [-0.25, -0.2) is 0 Å². The molecule has 9 nitrogen and oxygen atoms in total. The molecule has 116 valence electrons. The van der Waals surface area contributed by atoms with Crippen LogP contribution >= 0.6 is 0 Å². The summed E-state index contributed by atoms with van der Waals surface area (Å²) in [4.78, 5) is 31.9. The van der Waals surface area contributed by atoms with Gasteiger partial charge in [-0.05, 0) is 6.42 Å². The van der Waals surface area contributed by atoms with Crippen LogP contribution in [0.4, 0.5) is 0 Å². The van der Waals surface area contributed by atoms with Crippen molar-refractivity contribution in [3.63, 3.8) is 0 Å². The second-order valence-corrected chi connectivity index (χ2v) is 4.49. The Morgan fingerprint density at radius 1 is 0.900 bits per heavy atom. The Labute approximate surface area is 114 Å². The fraction of sp³-hybridized carbons (Fsp3) is 0.727. The van der Waals surface area contributed by atoms with Gasteiger partial charge in [-0.15, -0.1) is 0 Å². The van der Waals surface area contributed by atoms with Crippen molar-refractivity contribution in [2.24, 2.45) is 11.8 Å². The molecule has 0 spiro atoms. The van der Waals surface area contributed by atoms with Gasteiger partial charge in [-0.1, -0.05) is 6.92 Å². The van der Waals surface area contributed by atoms with Crippen molar-refractivity contribution in [3.8, 4) is 0 Å². The summed E-state index contributed by atoms with van der Waals surface area (Å²) in [5.41, 5.74) is 0. The Bertz CT molecular complexity index is 353. The Balaban J connectivity index is 4.77. The predicted octanol–water partition coefficient (Wildman–Crippen LogP) is -1.64. The van der Waals surface area contributed by atoms with Gasteiger partial charge in [0.2, 0.25) is 0 Å². The van der Waals surface area contributed by atoms with E-state index in [4.69, 9.17) is 15.3 Å². The van der Waals surface area contributed by atoms with E-state index in [1.165, 1.54) is 0 Å². The highest BCUT2D eigenvalue weighted by Crippen LogP contribution is 2.21. The first kappa shape index (κ1) is 18.3. The van der Waals surface area contributed by atoms with Crippen LogP contribution in [0.25, 0.3) is 0 Å². The first-order chi connectivity index (χ1) is 9.09. The fourth-order valence-corrected chi connectivity index (χ4v) is 1.73. The van der Waals surface area contributed by atoms with E-state index < -0.39 is 54.5 Å². The lowest BCUT2D eigenvalue weighted by molar-refractivity contribution is -0.162. The van der Waals surface area contributed by atoms with Crippen molar-refractivity contribution in [3.05, 3.63) is 0 Å². The van der Waals surface area contributed by atoms with Gasteiger partial charge in [0.05, 0.1) is 12.2 Å². The molecule has 0 saturated heterocycles. The lowest BCUT2D eigenvalue weighted by Gasteiger charge is -2.28. The molecule has 0 fully saturated rings. The third-order valence-corrected chi connectivity index (χ3v) is 2.99. The van der Waals surface area contributed by atoms with Crippen LogP contribution in [0.5, 0.6) is 0 Å². The summed E-state index contributed by atoms with van der Waals surface area (Å²) < 4.78 is 0. The predicted molar refractivity (Wildman–Crippen MR) is 62.8 cm³/mol. The number of carboxylic acids is 3. The second-order valence-electron chi connectivity index (χ2n) is 4.49. The van der Waals surface area contributed by atoms with Crippen molar-refractivity contribution in [2.45, 2.75) is 38.1 Å². The van der Waals surface area contributed by atoms with Gasteiger partial charge >= 0.3 is 17.9 Å². The summed E-state index contributed by atoms with van der Waals surface area (Å²) in [5, 5.41) is 54.7. The summed E-state index contributed by atoms with van der Waals surface area (Å²) in [5.74, 6) is -7.91. The normalized spacial score (nSPS) is 17.2. The van der Waals surface area contributed by atoms with E-state index >= 15 is 0 Å². The van der Waals surface area contributed by atoms with Crippen molar-refractivity contribution >= 4 is 17.9 Å². The van der Waals surface area contributed by atoms with Crippen molar-refractivity contribution in [2.75, 3.05) is 0 Å². The Kier molecular flexibility index (Phi) is 7.11. The minimum atomic E-state index is -1.95. The lowest BCUT2D eigenvalue weighted by atomic mass is 9.84. The maximum atomic E-state index is 10.8. The number of aliphatic carboxylic acids is 3. The molecule has 0 aliphatic carbocycles. The molecule has 0 saturated carbocycles. The minimum absolute atomic E-state index is 0.356. The number of rotatable bonds is 9. The Morgan fingerprint density at radius 2 is 1.35 bits per heavy atom. The number of aliphatic hydroxyl groups excluding tert-OH is 3. The topological polar surface area (TPSA) is 173 Å². The third kappa shape index (κ3) is 5.11. The van der Waals surface area contributed by atoms with E-state index in [0.717, 1.165) is 6.92 Å². The molecule has 0 aromatic rings. The second kappa shape index (κ2) is 7.78. The molecule has 0 amide bonds. The van der Waals surface area contributed by atoms with E-state index in [-0.39, 0.29) is 6.42 Å². The standard InChI is InChI=1S/C11H18O9/c1-4(7(10(17)18)11(19)20)8(15)9(16)5(12)2-3-6(13)14/h4-5,7-9,12,15-16H,2-3H2,1H3,(H,13,14)(H,17,18)(H,19,20)/t4?,5-,8+,9-/m0/s1. The summed E-state index contributed by atoms with van der Waals surface area (Å²) in [6.07, 6.45) is -6.08. The molecule has 9 heteroatoms. The van der Waals surface area contributed by atoms with Crippen LogP contribution in [0.15, 0.2) is 0 Å². The highest BCUT2D eigenvalue weighted by atomic mass is 16.4. The first-order valence-corrected chi connectivity index (χ1v) is 5.81. The summed E-state index contributed by atoms with van der Waals surface area (Å²) in [6.45, 7) is 1.10. The van der Waals surface area contributed by atoms with Crippen LogP contribution in [0.1, 0.15) is 19.8 Å². The van der Waals surface area contributed by atoms with E-state index in [1.54, 1.807) is 0 Å². The monoisotopic (exact) mass is 294 g/mol. The molecule has 20 heavy (non-hydrogen) atoms. The van der Waals surface area contributed by atoms with E-state index in [9.17, 15) is 29.7 Å². The lowest BCUT2D eigenvalue weighted by Crippen LogP contribution is -2.46. The van der Waals surface area contributed by atoms with Gasteiger partial charge in [0, 0.05) is 12.3 Å². The van der Waals surface area contributed by atoms with Crippen LogP contribution in [0.2, 0.25) is 0 Å². The average molecular weight is 294 g/mol. The smallest absolute Gasteiger partial charge is 0.318 e. The highest BCUT2D eigenvalue weighted by molar-refractivity contribution is 5.93. The Hall–Kier alpha value is -1.71. The molecule has 0 radical (unpaired) electrons.